The summed E-state index contributed by atoms with van der Waals surface area (Å²) in [5.74, 6) is 0.841. The highest BCUT2D eigenvalue weighted by molar-refractivity contribution is 5.79. The molecule has 0 aliphatic heterocycles. The second kappa shape index (κ2) is 6.02. The van der Waals surface area contributed by atoms with Crippen LogP contribution < -0.4 is 11.1 Å². The predicted octanol–water partition coefficient (Wildman–Crippen LogP) is 1.43. The highest BCUT2D eigenvalue weighted by Crippen LogP contribution is 2.29. The van der Waals surface area contributed by atoms with Crippen molar-refractivity contribution in [3.05, 3.63) is 0 Å². The highest BCUT2D eigenvalue weighted by Gasteiger charge is 2.33. The molecule has 0 heterocycles. The van der Waals surface area contributed by atoms with Crippen molar-refractivity contribution >= 4 is 5.91 Å². The van der Waals surface area contributed by atoms with Gasteiger partial charge in [0.05, 0.1) is 12.1 Å². The third kappa shape index (κ3) is 3.04. The first-order valence-corrected chi connectivity index (χ1v) is 7.20. The van der Waals surface area contributed by atoms with Crippen LogP contribution in [0.1, 0.15) is 45.4 Å². The van der Waals surface area contributed by atoms with E-state index in [2.05, 4.69) is 12.2 Å². The normalized spacial score (nSPS) is 40.7. The Morgan fingerprint density at radius 3 is 2.72 bits per heavy atom. The molecule has 104 valence electrons. The van der Waals surface area contributed by atoms with E-state index in [-0.39, 0.29) is 30.0 Å². The number of rotatable bonds is 3. The minimum atomic E-state index is 0.106. The van der Waals surface area contributed by atoms with Gasteiger partial charge < -0.3 is 15.8 Å². The van der Waals surface area contributed by atoms with Gasteiger partial charge in [0.2, 0.25) is 5.91 Å². The summed E-state index contributed by atoms with van der Waals surface area (Å²) in [5.41, 5.74) is 6.06. The Morgan fingerprint density at radius 1 is 1.28 bits per heavy atom. The Hall–Kier alpha value is -0.610. The number of hydrogen-bond acceptors (Lipinski definition) is 3. The lowest BCUT2D eigenvalue weighted by molar-refractivity contribution is -0.127. The molecule has 3 N–H and O–H groups in total. The number of carbonyl (C=O) groups excluding carboxylic acids is 1. The van der Waals surface area contributed by atoms with Crippen molar-refractivity contribution < 1.29 is 9.53 Å². The van der Waals surface area contributed by atoms with Crippen LogP contribution in [0.2, 0.25) is 0 Å². The molecular formula is C14H26N2O2. The third-order valence-corrected chi connectivity index (χ3v) is 4.71. The van der Waals surface area contributed by atoms with Crippen molar-refractivity contribution in [3.63, 3.8) is 0 Å². The summed E-state index contributed by atoms with van der Waals surface area (Å²) in [4.78, 5) is 12.2. The maximum atomic E-state index is 12.2. The summed E-state index contributed by atoms with van der Waals surface area (Å²) in [5, 5.41) is 3.17. The molecule has 2 aliphatic carbocycles. The van der Waals surface area contributed by atoms with E-state index in [0.29, 0.717) is 5.92 Å². The number of ether oxygens (including phenoxy) is 1. The molecule has 0 bridgehead atoms. The molecule has 0 spiro atoms. The van der Waals surface area contributed by atoms with Crippen LogP contribution in [0.25, 0.3) is 0 Å². The van der Waals surface area contributed by atoms with E-state index in [1.807, 2.05) is 0 Å². The highest BCUT2D eigenvalue weighted by atomic mass is 16.5. The molecular weight excluding hydrogens is 228 g/mol. The molecule has 0 aromatic carbocycles. The fourth-order valence-electron chi connectivity index (χ4n) is 3.27. The summed E-state index contributed by atoms with van der Waals surface area (Å²) in [6, 6.07) is 0.384. The summed E-state index contributed by atoms with van der Waals surface area (Å²) in [7, 11) is 1.73. The number of carbonyl (C=O) groups is 1. The molecule has 5 unspecified atom stereocenters. The second-order valence-electron chi connectivity index (χ2n) is 5.97. The Labute approximate surface area is 110 Å². The monoisotopic (exact) mass is 254 g/mol. The van der Waals surface area contributed by atoms with Gasteiger partial charge in [0, 0.05) is 19.1 Å². The van der Waals surface area contributed by atoms with Gasteiger partial charge >= 0.3 is 0 Å². The average molecular weight is 254 g/mol. The molecule has 0 saturated heterocycles. The maximum absolute atomic E-state index is 12.2. The van der Waals surface area contributed by atoms with Crippen LogP contribution in [-0.4, -0.2) is 31.2 Å². The zero-order chi connectivity index (χ0) is 13.1. The quantitative estimate of drug-likeness (QED) is 0.801. The van der Waals surface area contributed by atoms with Gasteiger partial charge in [-0.3, -0.25) is 4.79 Å². The van der Waals surface area contributed by atoms with Crippen molar-refractivity contribution in [2.75, 3.05) is 7.11 Å². The molecule has 0 aromatic rings. The second-order valence-corrected chi connectivity index (χ2v) is 5.97. The number of nitrogens with two attached hydrogens (primary N) is 1. The van der Waals surface area contributed by atoms with Crippen LogP contribution in [0.3, 0.4) is 0 Å². The number of amides is 1. The Morgan fingerprint density at radius 2 is 2.06 bits per heavy atom. The molecule has 0 aromatic heterocycles. The van der Waals surface area contributed by atoms with Crippen LogP contribution in [0.4, 0.5) is 0 Å². The van der Waals surface area contributed by atoms with Crippen molar-refractivity contribution in [1.82, 2.24) is 5.32 Å². The molecule has 2 aliphatic rings. The average Bonchev–Trinajstić information content (AvgIpc) is 2.79. The summed E-state index contributed by atoms with van der Waals surface area (Å²) in [6.45, 7) is 2.18. The van der Waals surface area contributed by atoms with Crippen LogP contribution in [-0.2, 0) is 9.53 Å². The van der Waals surface area contributed by atoms with E-state index in [9.17, 15) is 4.79 Å². The first kappa shape index (κ1) is 13.8. The van der Waals surface area contributed by atoms with Crippen molar-refractivity contribution in [1.29, 1.82) is 0 Å². The Balaban J connectivity index is 1.84. The van der Waals surface area contributed by atoms with Crippen LogP contribution >= 0.6 is 0 Å². The standard InChI is InChI=1S/C14H26N2O2/c1-9-6-7-10(8-11(9)15)14(17)16-12-4-3-5-13(12)18-2/h9-13H,3-8,15H2,1-2H3,(H,16,17). The van der Waals surface area contributed by atoms with Gasteiger partial charge in [0.15, 0.2) is 0 Å². The minimum Gasteiger partial charge on any atom is -0.379 e. The van der Waals surface area contributed by atoms with Crippen LogP contribution in [0.15, 0.2) is 0 Å². The topological polar surface area (TPSA) is 64.3 Å². The Bertz CT molecular complexity index is 296. The molecule has 5 atom stereocenters. The Kier molecular flexibility index (Phi) is 4.62. The van der Waals surface area contributed by atoms with Gasteiger partial charge in [-0.1, -0.05) is 6.92 Å². The zero-order valence-corrected chi connectivity index (χ0v) is 11.5. The van der Waals surface area contributed by atoms with Gasteiger partial charge in [-0.25, -0.2) is 0 Å². The first-order chi connectivity index (χ1) is 8.61. The minimum absolute atomic E-state index is 0.106. The molecule has 2 fully saturated rings. The van der Waals surface area contributed by atoms with E-state index in [0.717, 1.165) is 38.5 Å². The van der Waals surface area contributed by atoms with Crippen LogP contribution in [0.5, 0.6) is 0 Å². The van der Waals surface area contributed by atoms with E-state index < -0.39 is 0 Å². The largest absolute Gasteiger partial charge is 0.379 e. The fourth-order valence-corrected chi connectivity index (χ4v) is 3.27. The molecule has 2 rings (SSSR count). The van der Waals surface area contributed by atoms with E-state index >= 15 is 0 Å². The van der Waals surface area contributed by atoms with E-state index in [1.165, 1.54) is 0 Å². The maximum Gasteiger partial charge on any atom is 0.223 e. The lowest BCUT2D eigenvalue weighted by atomic mass is 9.79. The molecule has 0 radical (unpaired) electrons. The lowest BCUT2D eigenvalue weighted by Gasteiger charge is -2.32. The van der Waals surface area contributed by atoms with E-state index in [4.69, 9.17) is 10.5 Å². The molecule has 1 amide bonds. The number of methoxy groups -OCH3 is 1. The van der Waals surface area contributed by atoms with Gasteiger partial charge in [-0.15, -0.1) is 0 Å². The summed E-state index contributed by atoms with van der Waals surface area (Å²) >= 11 is 0. The van der Waals surface area contributed by atoms with Crippen molar-refractivity contribution in [2.45, 2.75) is 63.6 Å². The van der Waals surface area contributed by atoms with Gasteiger partial charge in [-0.05, 0) is 44.4 Å². The van der Waals surface area contributed by atoms with Crippen LogP contribution in [0, 0.1) is 11.8 Å². The smallest absolute Gasteiger partial charge is 0.223 e. The predicted molar refractivity (Wildman–Crippen MR) is 71.1 cm³/mol. The van der Waals surface area contributed by atoms with E-state index in [1.54, 1.807) is 7.11 Å². The van der Waals surface area contributed by atoms with Crippen molar-refractivity contribution in [3.8, 4) is 0 Å². The third-order valence-electron chi connectivity index (χ3n) is 4.71. The van der Waals surface area contributed by atoms with Crippen molar-refractivity contribution in [2.24, 2.45) is 17.6 Å². The fraction of sp³-hybridized carbons (Fsp3) is 0.929. The molecule has 18 heavy (non-hydrogen) atoms. The summed E-state index contributed by atoms with van der Waals surface area (Å²) in [6.07, 6.45) is 6.32. The molecule has 2 saturated carbocycles. The number of nitrogens with one attached hydrogen (secondary N) is 1. The molecule has 4 nitrogen and oxygen atoms in total. The first-order valence-electron chi connectivity index (χ1n) is 7.20. The number of hydrogen-bond donors (Lipinski definition) is 2. The van der Waals surface area contributed by atoms with Gasteiger partial charge in [0.1, 0.15) is 0 Å². The molecule has 4 heteroatoms. The lowest BCUT2D eigenvalue weighted by Crippen LogP contribution is -2.46. The zero-order valence-electron chi connectivity index (χ0n) is 11.5. The van der Waals surface area contributed by atoms with Gasteiger partial charge in [-0.2, -0.15) is 0 Å². The summed E-state index contributed by atoms with van der Waals surface area (Å²) < 4.78 is 5.41. The SMILES string of the molecule is COC1CCCC1NC(=O)C1CCC(C)C(N)C1. The van der Waals surface area contributed by atoms with Gasteiger partial charge in [0.25, 0.3) is 0 Å².